The first-order chi connectivity index (χ1) is 27.6. The van der Waals surface area contributed by atoms with Gasteiger partial charge in [0.2, 0.25) is 0 Å². The zero-order chi connectivity index (χ0) is 42.0. The fourth-order valence-corrected chi connectivity index (χ4v) is 6.78. The number of hydrogen-bond acceptors (Lipinski definition) is 6. The van der Waals surface area contributed by atoms with Gasteiger partial charge in [-0.3, -0.25) is 13.8 Å². The molecule has 0 heterocycles. The van der Waals surface area contributed by atoms with Crippen molar-refractivity contribution in [2.75, 3.05) is 47.5 Å². The lowest BCUT2D eigenvalue weighted by Gasteiger charge is -2.24. The molecular weight excluding hydrogens is 734 g/mol. The van der Waals surface area contributed by atoms with E-state index in [0.717, 1.165) is 38.5 Å². The zero-order valence-electron chi connectivity index (χ0n) is 37.6. The van der Waals surface area contributed by atoms with E-state index in [0.29, 0.717) is 17.4 Å². The highest BCUT2D eigenvalue weighted by Crippen LogP contribution is 2.43. The van der Waals surface area contributed by atoms with Gasteiger partial charge in [0.25, 0.3) is 0 Å². The van der Waals surface area contributed by atoms with Gasteiger partial charge >= 0.3 is 13.8 Å². The number of phosphoric ester groups is 1. The number of phosphoric acid groups is 1. The second kappa shape index (κ2) is 40.8. The Hall–Kier alpha value is -1.96. The second-order valence-corrected chi connectivity index (χ2v) is 18.0. The van der Waals surface area contributed by atoms with Gasteiger partial charge in [-0.2, -0.15) is 0 Å². The van der Waals surface area contributed by atoms with Gasteiger partial charge in [0.05, 0.1) is 34.0 Å². The predicted octanol–water partition coefficient (Wildman–Crippen LogP) is 14.1. The molecule has 8 nitrogen and oxygen atoms in total. The van der Waals surface area contributed by atoms with Crippen molar-refractivity contribution in [3.05, 3.63) is 60.9 Å². The Morgan fingerprint density at radius 1 is 0.561 bits per heavy atom. The van der Waals surface area contributed by atoms with E-state index in [1.807, 2.05) is 27.2 Å². The van der Waals surface area contributed by atoms with Gasteiger partial charge in [-0.15, -0.1) is 0 Å². The minimum atomic E-state index is -4.31. The SMILES string of the molecule is CCCCC/C=C\C/C=C\C/C=C\C/C=C\CCCC(=O)O[C@H](CO/C=C\CCCCCCCCCCCCCCCCCC)COP(=O)(O)OCC[N+](C)(C)C. The van der Waals surface area contributed by atoms with Crippen molar-refractivity contribution >= 4 is 13.8 Å². The molecule has 0 amide bonds. The minimum absolute atomic E-state index is 0.0251. The summed E-state index contributed by atoms with van der Waals surface area (Å²) >= 11 is 0. The number of allylic oxidation sites excluding steroid dienone is 9. The van der Waals surface area contributed by atoms with Crippen molar-refractivity contribution in [2.24, 2.45) is 0 Å². The van der Waals surface area contributed by atoms with E-state index in [4.69, 9.17) is 18.5 Å². The molecule has 0 aromatic heterocycles. The summed E-state index contributed by atoms with van der Waals surface area (Å²) in [7, 11) is 1.60. The Balaban J connectivity index is 4.35. The summed E-state index contributed by atoms with van der Waals surface area (Å²) in [5, 5.41) is 0. The van der Waals surface area contributed by atoms with Crippen LogP contribution in [-0.2, 0) is 27.9 Å². The maximum atomic E-state index is 12.7. The molecule has 2 atom stereocenters. The highest BCUT2D eigenvalue weighted by molar-refractivity contribution is 7.47. The molecule has 0 aromatic rings. The molecular formula is C48H89NO7P+. The van der Waals surface area contributed by atoms with E-state index in [9.17, 15) is 14.3 Å². The number of carbonyl (C=O) groups is 1. The van der Waals surface area contributed by atoms with Crippen LogP contribution in [0.1, 0.15) is 187 Å². The van der Waals surface area contributed by atoms with Crippen LogP contribution >= 0.6 is 7.82 Å². The number of nitrogens with zero attached hydrogens (tertiary/aromatic N) is 1. The third-order valence-electron chi connectivity index (χ3n) is 9.65. The van der Waals surface area contributed by atoms with Crippen molar-refractivity contribution in [1.29, 1.82) is 0 Å². The first kappa shape index (κ1) is 55.0. The summed E-state index contributed by atoms with van der Waals surface area (Å²) in [6.45, 7) is 4.84. The van der Waals surface area contributed by atoms with Crippen LogP contribution in [0.3, 0.4) is 0 Å². The zero-order valence-corrected chi connectivity index (χ0v) is 38.5. The van der Waals surface area contributed by atoms with Crippen LogP contribution in [0, 0.1) is 0 Å². The van der Waals surface area contributed by atoms with Gasteiger partial charge in [-0.25, -0.2) is 4.57 Å². The van der Waals surface area contributed by atoms with Gasteiger partial charge in [-0.05, 0) is 63.9 Å². The topological polar surface area (TPSA) is 91.3 Å². The third kappa shape index (κ3) is 45.0. The van der Waals surface area contributed by atoms with E-state index in [1.165, 1.54) is 122 Å². The highest BCUT2D eigenvalue weighted by atomic mass is 31.2. The number of hydrogen-bond donors (Lipinski definition) is 1. The smallest absolute Gasteiger partial charge is 0.472 e. The molecule has 0 fully saturated rings. The maximum Gasteiger partial charge on any atom is 0.472 e. The molecule has 57 heavy (non-hydrogen) atoms. The quantitative estimate of drug-likeness (QED) is 0.0164. The van der Waals surface area contributed by atoms with Crippen molar-refractivity contribution in [3.8, 4) is 0 Å². The molecule has 9 heteroatoms. The molecule has 0 rings (SSSR count). The largest absolute Gasteiger partial charge is 0.498 e. The van der Waals surface area contributed by atoms with Gasteiger partial charge in [-0.1, -0.05) is 172 Å². The van der Waals surface area contributed by atoms with Crippen LogP contribution < -0.4 is 0 Å². The monoisotopic (exact) mass is 823 g/mol. The Bertz CT molecular complexity index is 1090. The summed E-state index contributed by atoms with van der Waals surface area (Å²) in [6, 6.07) is 0. The van der Waals surface area contributed by atoms with Crippen LogP contribution in [0.25, 0.3) is 0 Å². The Morgan fingerprint density at radius 2 is 0.982 bits per heavy atom. The Kier molecular flexibility index (Phi) is 39.4. The van der Waals surface area contributed by atoms with Crippen LogP contribution in [-0.4, -0.2) is 69.0 Å². The number of quaternary nitrogens is 1. The molecule has 0 spiro atoms. The second-order valence-electron chi connectivity index (χ2n) is 16.5. The number of carbonyl (C=O) groups excluding carboxylic acids is 1. The summed E-state index contributed by atoms with van der Waals surface area (Å²) in [5.74, 6) is -0.390. The third-order valence-corrected chi connectivity index (χ3v) is 10.6. The van der Waals surface area contributed by atoms with E-state index in [1.54, 1.807) is 6.26 Å². The molecule has 1 N–H and O–H groups in total. The van der Waals surface area contributed by atoms with Crippen LogP contribution in [0.5, 0.6) is 0 Å². The molecule has 0 saturated carbocycles. The molecule has 0 aliphatic heterocycles. The summed E-state index contributed by atoms with van der Waals surface area (Å²) in [6.07, 6.45) is 52.2. The molecule has 0 bridgehead atoms. The van der Waals surface area contributed by atoms with Gasteiger partial charge in [0.1, 0.15) is 19.8 Å². The first-order valence-corrected chi connectivity index (χ1v) is 24.6. The average Bonchev–Trinajstić information content (AvgIpc) is 3.16. The highest BCUT2D eigenvalue weighted by Gasteiger charge is 2.26. The predicted molar refractivity (Wildman–Crippen MR) is 242 cm³/mol. The summed E-state index contributed by atoms with van der Waals surface area (Å²) < 4.78 is 34.7. The van der Waals surface area contributed by atoms with Crippen LogP contribution in [0.15, 0.2) is 60.9 Å². The molecule has 0 saturated heterocycles. The first-order valence-electron chi connectivity index (χ1n) is 23.1. The van der Waals surface area contributed by atoms with Crippen molar-refractivity contribution < 1.29 is 37.3 Å². The number of unbranched alkanes of at least 4 members (excludes halogenated alkanes) is 20. The normalized spacial score (nSPS) is 14.2. The van der Waals surface area contributed by atoms with E-state index in [-0.39, 0.29) is 32.2 Å². The Labute approximate surface area is 351 Å². The minimum Gasteiger partial charge on any atom is -0.498 e. The van der Waals surface area contributed by atoms with Gasteiger partial charge in [0, 0.05) is 6.42 Å². The number of esters is 1. The summed E-state index contributed by atoms with van der Waals surface area (Å²) in [5.41, 5.74) is 0. The van der Waals surface area contributed by atoms with Crippen molar-refractivity contribution in [2.45, 2.75) is 193 Å². The van der Waals surface area contributed by atoms with Crippen LogP contribution in [0.2, 0.25) is 0 Å². The van der Waals surface area contributed by atoms with E-state index in [2.05, 4.69) is 62.5 Å². The number of likely N-dealkylation sites (N-methyl/N-ethyl adjacent to an activating group) is 1. The molecule has 1 unspecified atom stereocenters. The van der Waals surface area contributed by atoms with Crippen molar-refractivity contribution in [1.82, 2.24) is 0 Å². The lowest BCUT2D eigenvalue weighted by atomic mass is 10.0. The fraction of sp³-hybridized carbons (Fsp3) is 0.771. The molecule has 0 aliphatic rings. The molecule has 0 aliphatic carbocycles. The van der Waals surface area contributed by atoms with Crippen molar-refractivity contribution in [3.63, 3.8) is 0 Å². The molecule has 0 aromatic carbocycles. The maximum absolute atomic E-state index is 12.7. The number of ether oxygens (including phenoxy) is 2. The lowest BCUT2D eigenvalue weighted by Crippen LogP contribution is -2.37. The molecule has 0 radical (unpaired) electrons. The fourth-order valence-electron chi connectivity index (χ4n) is 6.04. The number of rotatable bonds is 42. The standard InChI is InChI=1S/C48H88NO7P/c1-6-8-10-12-14-16-18-20-22-24-26-28-30-32-34-36-38-40-43-53-45-47(46-55-57(51,52)54-44-42-49(3,4)5)56-48(50)41-39-37-35-33-31-29-27-25-23-21-19-17-15-13-11-9-7-2/h15,17,21,23,27,29,33,35,40,43,47H,6-14,16,18-20,22,24-26,28,30-32,34,36-39,41-42,44-46H2,1-5H3/p+1/b17-15-,23-21-,29-27-,35-33-,43-40-/t47-/m1/s1. The lowest BCUT2D eigenvalue weighted by molar-refractivity contribution is -0.870. The van der Waals surface area contributed by atoms with Gasteiger partial charge < -0.3 is 18.9 Å². The van der Waals surface area contributed by atoms with E-state index >= 15 is 0 Å². The molecule has 332 valence electrons. The average molecular weight is 823 g/mol. The summed E-state index contributed by atoms with van der Waals surface area (Å²) in [4.78, 5) is 22.9. The van der Waals surface area contributed by atoms with Crippen LogP contribution in [0.4, 0.5) is 0 Å². The van der Waals surface area contributed by atoms with Gasteiger partial charge in [0.15, 0.2) is 6.10 Å². The van der Waals surface area contributed by atoms with E-state index < -0.39 is 13.9 Å². The Morgan fingerprint density at radius 3 is 1.49 bits per heavy atom.